The predicted molar refractivity (Wildman–Crippen MR) is 82.4 cm³/mol. The van der Waals surface area contributed by atoms with Gasteiger partial charge in [0.15, 0.2) is 0 Å². The molecule has 0 radical (unpaired) electrons. The summed E-state index contributed by atoms with van der Waals surface area (Å²) in [6.45, 7) is 6.28. The van der Waals surface area contributed by atoms with Crippen LogP contribution in [0.2, 0.25) is 5.02 Å². The molecule has 20 heavy (non-hydrogen) atoms. The molecule has 1 aliphatic heterocycles. The van der Waals surface area contributed by atoms with Crippen molar-refractivity contribution in [1.82, 2.24) is 9.78 Å². The van der Waals surface area contributed by atoms with Gasteiger partial charge in [0.1, 0.15) is 5.02 Å². The van der Waals surface area contributed by atoms with E-state index in [2.05, 4.69) is 16.9 Å². The highest BCUT2D eigenvalue weighted by atomic mass is 35.5. The molecule has 0 aromatic carbocycles. The summed E-state index contributed by atoms with van der Waals surface area (Å²) in [6, 6.07) is 0.236. The lowest BCUT2D eigenvalue weighted by Gasteiger charge is -2.39. The summed E-state index contributed by atoms with van der Waals surface area (Å²) in [5, 5.41) is 4.49. The maximum atomic E-state index is 12.2. The Labute approximate surface area is 124 Å². The van der Waals surface area contributed by atoms with Crippen LogP contribution in [0.5, 0.6) is 0 Å². The monoisotopic (exact) mass is 298 g/mol. The molecule has 5 nitrogen and oxygen atoms in total. The highest BCUT2D eigenvalue weighted by Crippen LogP contribution is 2.30. The van der Waals surface area contributed by atoms with Crippen LogP contribution in [0.4, 0.5) is 5.69 Å². The predicted octanol–water partition coefficient (Wildman–Crippen LogP) is 1.87. The maximum Gasteiger partial charge on any atom is 0.287 e. The van der Waals surface area contributed by atoms with Crippen LogP contribution in [0.25, 0.3) is 0 Å². The van der Waals surface area contributed by atoms with E-state index in [1.165, 1.54) is 4.68 Å². The van der Waals surface area contributed by atoms with E-state index < -0.39 is 0 Å². The van der Waals surface area contributed by atoms with Crippen LogP contribution in [0.3, 0.4) is 0 Å². The highest BCUT2D eigenvalue weighted by Gasteiger charge is 2.28. The number of nitrogens with two attached hydrogens (primary N) is 1. The van der Waals surface area contributed by atoms with Gasteiger partial charge >= 0.3 is 0 Å². The van der Waals surface area contributed by atoms with Gasteiger partial charge in [0.05, 0.1) is 11.9 Å². The summed E-state index contributed by atoms with van der Waals surface area (Å²) in [4.78, 5) is 14.3. The van der Waals surface area contributed by atoms with Crippen LogP contribution in [0.1, 0.15) is 33.1 Å². The number of halogens is 1. The molecule has 2 atom stereocenters. The quantitative estimate of drug-likeness (QED) is 0.922. The van der Waals surface area contributed by atoms with E-state index in [1.54, 1.807) is 6.20 Å². The lowest BCUT2D eigenvalue weighted by molar-refractivity contribution is 0.366. The third-order valence-corrected chi connectivity index (χ3v) is 4.32. The average Bonchev–Trinajstić information content (AvgIpc) is 2.45. The van der Waals surface area contributed by atoms with Crippen molar-refractivity contribution in [3.8, 4) is 0 Å². The molecule has 1 fully saturated rings. The SMILES string of the molecule is CCCn1ncc(N2CCC(C)CC2CN)c(Cl)c1=O. The van der Waals surface area contributed by atoms with Crippen LogP contribution >= 0.6 is 11.6 Å². The fourth-order valence-electron chi connectivity index (χ4n) is 2.82. The van der Waals surface area contributed by atoms with Gasteiger partial charge in [-0.15, -0.1) is 0 Å². The second-order valence-corrected chi connectivity index (χ2v) is 5.96. The van der Waals surface area contributed by atoms with Gasteiger partial charge in [-0.3, -0.25) is 4.79 Å². The van der Waals surface area contributed by atoms with E-state index in [-0.39, 0.29) is 16.6 Å². The standard InChI is InChI=1S/C14H23ClN4O/c1-3-5-19-14(20)13(15)12(9-17-19)18-6-4-10(2)7-11(18)8-16/h9-11H,3-8,16H2,1-2H3. The van der Waals surface area contributed by atoms with E-state index in [0.717, 1.165) is 31.5 Å². The molecule has 2 heterocycles. The second kappa shape index (κ2) is 6.59. The topological polar surface area (TPSA) is 64.2 Å². The molecule has 112 valence electrons. The zero-order valence-corrected chi connectivity index (χ0v) is 12.9. The zero-order valence-electron chi connectivity index (χ0n) is 12.2. The molecule has 1 aromatic rings. The van der Waals surface area contributed by atoms with Crippen LogP contribution in [-0.2, 0) is 6.54 Å². The molecule has 2 unspecified atom stereocenters. The minimum absolute atomic E-state index is 0.208. The minimum atomic E-state index is -0.208. The molecule has 2 N–H and O–H groups in total. The summed E-state index contributed by atoms with van der Waals surface area (Å²) in [6.07, 6.45) is 4.68. The molecule has 0 spiro atoms. The molecule has 0 amide bonds. The molecule has 0 bridgehead atoms. The minimum Gasteiger partial charge on any atom is -0.365 e. The Hall–Kier alpha value is -1.07. The van der Waals surface area contributed by atoms with Crippen molar-refractivity contribution in [3.05, 3.63) is 21.6 Å². The first-order chi connectivity index (χ1) is 9.58. The number of aryl methyl sites for hydroxylation is 1. The van der Waals surface area contributed by atoms with E-state index in [1.807, 2.05) is 6.92 Å². The Morgan fingerprint density at radius 2 is 2.30 bits per heavy atom. The lowest BCUT2D eigenvalue weighted by Crippen LogP contribution is -2.47. The zero-order chi connectivity index (χ0) is 14.7. The van der Waals surface area contributed by atoms with E-state index in [4.69, 9.17) is 17.3 Å². The molecule has 2 rings (SSSR count). The number of hydrogen-bond donors (Lipinski definition) is 1. The summed E-state index contributed by atoms with van der Waals surface area (Å²) in [5.41, 5.74) is 6.39. The molecule has 1 aliphatic rings. The summed E-state index contributed by atoms with van der Waals surface area (Å²) in [7, 11) is 0. The fraction of sp³-hybridized carbons (Fsp3) is 0.714. The molecule has 0 aliphatic carbocycles. The van der Waals surface area contributed by atoms with Crippen molar-refractivity contribution in [3.63, 3.8) is 0 Å². The Bertz CT molecular complexity index is 516. The van der Waals surface area contributed by atoms with Crippen molar-refractivity contribution in [2.45, 2.75) is 45.7 Å². The van der Waals surface area contributed by atoms with Crippen molar-refractivity contribution < 1.29 is 0 Å². The number of nitrogens with zero attached hydrogens (tertiary/aromatic N) is 3. The van der Waals surface area contributed by atoms with Crippen molar-refractivity contribution in [2.75, 3.05) is 18.0 Å². The maximum absolute atomic E-state index is 12.2. The number of hydrogen-bond acceptors (Lipinski definition) is 4. The molecule has 6 heteroatoms. The lowest BCUT2D eigenvalue weighted by atomic mass is 9.92. The first kappa shape index (κ1) is 15.3. The molecule has 1 saturated heterocycles. The van der Waals surface area contributed by atoms with Crippen LogP contribution in [0, 0.1) is 5.92 Å². The summed E-state index contributed by atoms with van der Waals surface area (Å²) >= 11 is 6.27. The average molecular weight is 299 g/mol. The van der Waals surface area contributed by atoms with Gasteiger partial charge < -0.3 is 10.6 Å². The van der Waals surface area contributed by atoms with E-state index >= 15 is 0 Å². The normalized spacial score (nSPS) is 23.1. The van der Waals surface area contributed by atoms with Gasteiger partial charge in [0.25, 0.3) is 5.56 Å². The van der Waals surface area contributed by atoms with Gasteiger partial charge in [-0.05, 0) is 25.2 Å². The highest BCUT2D eigenvalue weighted by molar-refractivity contribution is 6.33. The van der Waals surface area contributed by atoms with Crippen LogP contribution in [-0.4, -0.2) is 28.9 Å². The Morgan fingerprint density at radius 1 is 1.55 bits per heavy atom. The van der Waals surface area contributed by atoms with E-state index in [9.17, 15) is 4.79 Å². The van der Waals surface area contributed by atoms with Crippen molar-refractivity contribution in [2.24, 2.45) is 11.7 Å². The van der Waals surface area contributed by atoms with Gasteiger partial charge in [0, 0.05) is 25.7 Å². The number of anilines is 1. The van der Waals surface area contributed by atoms with Crippen LogP contribution < -0.4 is 16.2 Å². The van der Waals surface area contributed by atoms with E-state index in [0.29, 0.717) is 19.0 Å². The fourth-order valence-corrected chi connectivity index (χ4v) is 3.07. The Kier molecular flexibility index (Phi) is 5.05. The smallest absolute Gasteiger partial charge is 0.287 e. The Balaban J connectivity index is 2.32. The number of rotatable bonds is 4. The molecular weight excluding hydrogens is 276 g/mol. The number of piperidine rings is 1. The second-order valence-electron chi connectivity index (χ2n) is 5.58. The van der Waals surface area contributed by atoms with Crippen molar-refractivity contribution >= 4 is 17.3 Å². The molecule has 1 aromatic heterocycles. The largest absolute Gasteiger partial charge is 0.365 e. The first-order valence-corrected chi connectivity index (χ1v) is 7.68. The van der Waals surface area contributed by atoms with Gasteiger partial charge in [0.2, 0.25) is 0 Å². The van der Waals surface area contributed by atoms with Gasteiger partial charge in [-0.25, -0.2) is 4.68 Å². The molecule has 0 saturated carbocycles. The first-order valence-electron chi connectivity index (χ1n) is 7.30. The number of aromatic nitrogens is 2. The summed E-state index contributed by atoms with van der Waals surface area (Å²) in [5.74, 6) is 0.659. The van der Waals surface area contributed by atoms with Gasteiger partial charge in [-0.2, -0.15) is 5.10 Å². The van der Waals surface area contributed by atoms with Crippen LogP contribution in [0.15, 0.2) is 11.0 Å². The third kappa shape index (κ3) is 2.99. The third-order valence-electron chi connectivity index (χ3n) is 3.96. The molecular formula is C14H23ClN4O. The van der Waals surface area contributed by atoms with Gasteiger partial charge in [-0.1, -0.05) is 25.4 Å². The van der Waals surface area contributed by atoms with Crippen molar-refractivity contribution in [1.29, 1.82) is 0 Å². The summed E-state index contributed by atoms with van der Waals surface area (Å²) < 4.78 is 1.43. The Morgan fingerprint density at radius 3 is 2.95 bits per heavy atom.